The van der Waals surface area contributed by atoms with Crippen LogP contribution < -0.4 is 5.73 Å². The molecular formula is C16H21N. The quantitative estimate of drug-likeness (QED) is 0.840. The fourth-order valence-corrected chi connectivity index (χ4v) is 3.73. The first kappa shape index (κ1) is 11.0. The average Bonchev–Trinajstić information content (AvgIpc) is 2.94. The zero-order valence-corrected chi connectivity index (χ0v) is 10.3. The van der Waals surface area contributed by atoms with Gasteiger partial charge in [0.2, 0.25) is 0 Å². The Hall–Kier alpha value is -1.08. The minimum atomic E-state index is 0.467. The second-order valence-electron chi connectivity index (χ2n) is 5.62. The van der Waals surface area contributed by atoms with Crippen molar-refractivity contribution in [2.24, 2.45) is 23.5 Å². The third-order valence-corrected chi connectivity index (χ3v) is 4.68. The van der Waals surface area contributed by atoms with Crippen LogP contribution in [0, 0.1) is 17.8 Å². The Kier molecular flexibility index (Phi) is 3.02. The second kappa shape index (κ2) is 4.66. The van der Waals surface area contributed by atoms with Gasteiger partial charge in [-0.3, -0.25) is 0 Å². The lowest BCUT2D eigenvalue weighted by Crippen LogP contribution is -2.35. The van der Waals surface area contributed by atoms with E-state index in [1.165, 1.54) is 24.8 Å². The Balaban J connectivity index is 1.60. The van der Waals surface area contributed by atoms with Crippen molar-refractivity contribution in [1.29, 1.82) is 0 Å². The number of rotatable bonds is 3. The van der Waals surface area contributed by atoms with Gasteiger partial charge in [0, 0.05) is 6.04 Å². The molecule has 3 rings (SSSR count). The van der Waals surface area contributed by atoms with Gasteiger partial charge in [0.05, 0.1) is 0 Å². The van der Waals surface area contributed by atoms with Gasteiger partial charge >= 0.3 is 0 Å². The molecule has 1 aromatic rings. The lowest BCUT2D eigenvalue weighted by Gasteiger charge is -2.27. The standard InChI is InChI=1S/C16H21N/c17-16-14-10-9-13(11-14)15(16)8-4-7-12-5-2-1-3-6-12/h1-7,13-16H,8-11,17H2/b7-4+/t13-,14+,15+,16-/m1/s1. The predicted octanol–water partition coefficient (Wildman–Crippen LogP) is 3.46. The smallest absolute Gasteiger partial charge is 0.0101 e. The summed E-state index contributed by atoms with van der Waals surface area (Å²) in [5, 5.41) is 0. The number of nitrogens with two attached hydrogens (primary N) is 1. The molecule has 4 atom stereocenters. The van der Waals surface area contributed by atoms with Crippen LogP contribution in [0.5, 0.6) is 0 Å². The van der Waals surface area contributed by atoms with Gasteiger partial charge in [0.1, 0.15) is 0 Å². The van der Waals surface area contributed by atoms with Crippen LogP contribution in [0.1, 0.15) is 31.2 Å². The van der Waals surface area contributed by atoms with Crippen molar-refractivity contribution in [2.75, 3.05) is 0 Å². The maximum atomic E-state index is 6.31. The molecule has 1 aromatic carbocycles. The highest BCUT2D eigenvalue weighted by Crippen LogP contribution is 2.48. The Morgan fingerprint density at radius 3 is 2.59 bits per heavy atom. The summed E-state index contributed by atoms with van der Waals surface area (Å²) in [6, 6.07) is 11.0. The third kappa shape index (κ3) is 2.16. The summed E-state index contributed by atoms with van der Waals surface area (Å²) in [4.78, 5) is 0. The lowest BCUT2D eigenvalue weighted by atomic mass is 9.83. The van der Waals surface area contributed by atoms with Crippen LogP contribution in [0.3, 0.4) is 0 Å². The van der Waals surface area contributed by atoms with Gasteiger partial charge in [0.15, 0.2) is 0 Å². The first-order valence-corrected chi connectivity index (χ1v) is 6.82. The van der Waals surface area contributed by atoms with Crippen molar-refractivity contribution >= 4 is 6.08 Å². The Morgan fingerprint density at radius 1 is 1.12 bits per heavy atom. The van der Waals surface area contributed by atoms with Crippen LogP contribution in [0.15, 0.2) is 36.4 Å². The minimum absolute atomic E-state index is 0.467. The predicted molar refractivity (Wildman–Crippen MR) is 72.4 cm³/mol. The molecule has 2 aliphatic rings. The number of fused-ring (bicyclic) bond motifs is 2. The number of benzene rings is 1. The number of hydrogen-bond donors (Lipinski definition) is 1. The number of allylic oxidation sites excluding steroid dienone is 1. The molecule has 2 fully saturated rings. The summed E-state index contributed by atoms with van der Waals surface area (Å²) in [7, 11) is 0. The van der Waals surface area contributed by atoms with E-state index >= 15 is 0 Å². The summed E-state index contributed by atoms with van der Waals surface area (Å²) in [6.07, 6.45) is 9.91. The highest BCUT2D eigenvalue weighted by atomic mass is 14.7. The van der Waals surface area contributed by atoms with Gasteiger partial charge in [-0.2, -0.15) is 0 Å². The maximum Gasteiger partial charge on any atom is 0.0101 e. The molecule has 1 nitrogen and oxygen atoms in total. The first-order chi connectivity index (χ1) is 8.34. The highest BCUT2D eigenvalue weighted by Gasteiger charge is 2.44. The van der Waals surface area contributed by atoms with E-state index in [4.69, 9.17) is 5.73 Å². The molecule has 17 heavy (non-hydrogen) atoms. The summed E-state index contributed by atoms with van der Waals surface area (Å²) < 4.78 is 0. The third-order valence-electron chi connectivity index (χ3n) is 4.68. The van der Waals surface area contributed by atoms with E-state index in [2.05, 4.69) is 42.5 Å². The SMILES string of the molecule is N[C@@H]1[C@H]2CC[C@H](C2)[C@@H]1C/C=C/c1ccccc1. The minimum Gasteiger partial charge on any atom is -0.327 e. The average molecular weight is 227 g/mol. The van der Waals surface area contributed by atoms with Crippen molar-refractivity contribution in [1.82, 2.24) is 0 Å². The van der Waals surface area contributed by atoms with Crippen LogP contribution >= 0.6 is 0 Å². The molecule has 2 saturated carbocycles. The largest absolute Gasteiger partial charge is 0.327 e. The molecule has 0 heterocycles. The molecule has 0 saturated heterocycles. The zero-order chi connectivity index (χ0) is 11.7. The molecule has 90 valence electrons. The van der Waals surface area contributed by atoms with Gasteiger partial charge in [-0.1, -0.05) is 42.5 Å². The summed E-state index contributed by atoms with van der Waals surface area (Å²) in [5.41, 5.74) is 7.61. The highest BCUT2D eigenvalue weighted by molar-refractivity contribution is 5.48. The topological polar surface area (TPSA) is 26.0 Å². The maximum absolute atomic E-state index is 6.31. The first-order valence-electron chi connectivity index (χ1n) is 6.82. The van der Waals surface area contributed by atoms with E-state index in [1.54, 1.807) is 0 Å². The molecule has 2 N–H and O–H groups in total. The molecule has 2 aliphatic carbocycles. The molecule has 0 aliphatic heterocycles. The van der Waals surface area contributed by atoms with Gasteiger partial charge < -0.3 is 5.73 Å². The van der Waals surface area contributed by atoms with E-state index < -0.39 is 0 Å². The van der Waals surface area contributed by atoms with Crippen molar-refractivity contribution < 1.29 is 0 Å². The molecule has 2 bridgehead atoms. The van der Waals surface area contributed by atoms with Crippen LogP contribution in [0.4, 0.5) is 0 Å². The van der Waals surface area contributed by atoms with Crippen LogP contribution in [0.25, 0.3) is 6.08 Å². The van der Waals surface area contributed by atoms with Gasteiger partial charge in [0.25, 0.3) is 0 Å². The van der Waals surface area contributed by atoms with Crippen molar-refractivity contribution in [3.05, 3.63) is 42.0 Å². The molecule has 0 spiro atoms. The molecular weight excluding hydrogens is 206 g/mol. The monoisotopic (exact) mass is 227 g/mol. The van der Waals surface area contributed by atoms with Gasteiger partial charge in [-0.05, 0) is 49.0 Å². The van der Waals surface area contributed by atoms with Crippen molar-refractivity contribution in [2.45, 2.75) is 31.7 Å². The fraction of sp³-hybridized carbons (Fsp3) is 0.500. The summed E-state index contributed by atoms with van der Waals surface area (Å²) >= 11 is 0. The van der Waals surface area contributed by atoms with Crippen molar-refractivity contribution in [3.63, 3.8) is 0 Å². The molecule has 0 unspecified atom stereocenters. The normalized spacial score (nSPS) is 35.8. The van der Waals surface area contributed by atoms with E-state index in [9.17, 15) is 0 Å². The van der Waals surface area contributed by atoms with Crippen LogP contribution in [0.2, 0.25) is 0 Å². The lowest BCUT2D eigenvalue weighted by molar-refractivity contribution is 0.291. The Bertz CT molecular complexity index is 393. The van der Waals surface area contributed by atoms with Crippen LogP contribution in [-0.4, -0.2) is 6.04 Å². The second-order valence-corrected chi connectivity index (χ2v) is 5.62. The van der Waals surface area contributed by atoms with E-state index in [1.807, 2.05) is 0 Å². The zero-order valence-electron chi connectivity index (χ0n) is 10.3. The van der Waals surface area contributed by atoms with E-state index in [0.29, 0.717) is 6.04 Å². The van der Waals surface area contributed by atoms with E-state index in [-0.39, 0.29) is 0 Å². The fourth-order valence-electron chi connectivity index (χ4n) is 3.73. The molecule has 0 radical (unpaired) electrons. The number of hydrogen-bond acceptors (Lipinski definition) is 1. The Morgan fingerprint density at radius 2 is 1.88 bits per heavy atom. The molecule has 0 aromatic heterocycles. The van der Waals surface area contributed by atoms with Gasteiger partial charge in [-0.15, -0.1) is 0 Å². The van der Waals surface area contributed by atoms with E-state index in [0.717, 1.165) is 24.2 Å². The van der Waals surface area contributed by atoms with Gasteiger partial charge in [-0.25, -0.2) is 0 Å². The van der Waals surface area contributed by atoms with Crippen molar-refractivity contribution in [3.8, 4) is 0 Å². The Labute approximate surface area is 104 Å². The van der Waals surface area contributed by atoms with Crippen LogP contribution in [-0.2, 0) is 0 Å². The molecule has 0 amide bonds. The summed E-state index contributed by atoms with van der Waals surface area (Å²) in [5.74, 6) is 2.49. The summed E-state index contributed by atoms with van der Waals surface area (Å²) in [6.45, 7) is 0. The molecule has 1 heteroatoms.